The molecule has 19 heavy (non-hydrogen) atoms. The van der Waals surface area contributed by atoms with Crippen molar-refractivity contribution < 1.29 is 23.8 Å². The van der Waals surface area contributed by atoms with E-state index in [0.29, 0.717) is 0 Å². The fourth-order valence-corrected chi connectivity index (χ4v) is 1.29. The Bertz CT molecular complexity index is 465. The van der Waals surface area contributed by atoms with Crippen molar-refractivity contribution in [2.75, 3.05) is 18.5 Å². The molecule has 0 heterocycles. The maximum atomic E-state index is 13.0. The van der Waals surface area contributed by atoms with Crippen LogP contribution in [0.2, 0.25) is 0 Å². The Morgan fingerprint density at radius 1 is 1.42 bits per heavy atom. The predicted octanol–water partition coefficient (Wildman–Crippen LogP) is 1.61. The third-order valence-corrected chi connectivity index (χ3v) is 2.15. The summed E-state index contributed by atoms with van der Waals surface area (Å²) in [4.78, 5) is 22.4. The van der Waals surface area contributed by atoms with Gasteiger partial charge in [-0.05, 0) is 19.1 Å². The van der Waals surface area contributed by atoms with Crippen molar-refractivity contribution in [3.63, 3.8) is 0 Å². The zero-order valence-electron chi connectivity index (χ0n) is 10.4. The summed E-state index contributed by atoms with van der Waals surface area (Å²) in [6.07, 6.45) is 0.0381. The number of carbonyl (C=O) groups is 2. The number of hydrogen-bond acceptors (Lipinski definition) is 4. The number of rotatable bonds is 5. The molecule has 0 radical (unpaired) electrons. The molecule has 0 aromatic heterocycles. The average molecular weight is 270 g/mol. The minimum absolute atomic E-state index is 0.0381. The number of hydrogen-bond donors (Lipinski definition) is 3. The standard InChI is InChI=1S/C12H15FN2O4/c1-2-19-10(16)6-7-14-12(18)15-9-5-3-4-8(13)11(9)17/h3-5,17H,2,6-7H2,1H3,(H2,14,15,18). The second kappa shape index (κ2) is 7.20. The second-order valence-electron chi connectivity index (χ2n) is 3.57. The summed E-state index contributed by atoms with van der Waals surface area (Å²) in [5.41, 5.74) is -0.0476. The highest BCUT2D eigenvalue weighted by atomic mass is 19.1. The number of benzene rings is 1. The van der Waals surface area contributed by atoms with Gasteiger partial charge in [0.25, 0.3) is 0 Å². The SMILES string of the molecule is CCOC(=O)CCNC(=O)Nc1cccc(F)c1O. The number of ether oxygens (including phenoxy) is 1. The molecule has 0 aliphatic rings. The van der Waals surface area contributed by atoms with Gasteiger partial charge in [-0.1, -0.05) is 6.07 Å². The number of aromatic hydroxyl groups is 1. The van der Waals surface area contributed by atoms with Crippen molar-refractivity contribution in [1.29, 1.82) is 0 Å². The van der Waals surface area contributed by atoms with Gasteiger partial charge in [-0.3, -0.25) is 4.79 Å². The highest BCUT2D eigenvalue weighted by Gasteiger charge is 2.09. The Balaban J connectivity index is 2.39. The predicted molar refractivity (Wildman–Crippen MR) is 66.3 cm³/mol. The van der Waals surface area contributed by atoms with Crippen LogP contribution in [0.25, 0.3) is 0 Å². The van der Waals surface area contributed by atoms with E-state index in [-0.39, 0.29) is 25.3 Å². The van der Waals surface area contributed by atoms with E-state index in [9.17, 15) is 19.1 Å². The lowest BCUT2D eigenvalue weighted by Gasteiger charge is -2.09. The van der Waals surface area contributed by atoms with Crippen LogP contribution in [0.3, 0.4) is 0 Å². The fourth-order valence-electron chi connectivity index (χ4n) is 1.29. The Morgan fingerprint density at radius 2 is 2.16 bits per heavy atom. The number of phenolic OH excluding ortho intramolecular Hbond substituents is 1. The van der Waals surface area contributed by atoms with Gasteiger partial charge in [0.15, 0.2) is 11.6 Å². The Labute approximate surface area is 109 Å². The van der Waals surface area contributed by atoms with Crippen LogP contribution in [0.1, 0.15) is 13.3 Å². The minimum Gasteiger partial charge on any atom is -0.503 e. The number of para-hydroxylation sites is 1. The van der Waals surface area contributed by atoms with Gasteiger partial charge in [-0.15, -0.1) is 0 Å². The van der Waals surface area contributed by atoms with Gasteiger partial charge in [-0.2, -0.15) is 0 Å². The van der Waals surface area contributed by atoms with Crippen molar-refractivity contribution in [1.82, 2.24) is 5.32 Å². The molecule has 0 fully saturated rings. The first kappa shape index (κ1) is 14.7. The Kier molecular flexibility index (Phi) is 5.59. The summed E-state index contributed by atoms with van der Waals surface area (Å²) in [5, 5.41) is 14.0. The molecule has 6 nitrogen and oxygen atoms in total. The van der Waals surface area contributed by atoms with Gasteiger partial charge in [0.2, 0.25) is 0 Å². The number of halogens is 1. The van der Waals surface area contributed by atoms with E-state index in [2.05, 4.69) is 15.4 Å². The number of urea groups is 1. The van der Waals surface area contributed by atoms with Crippen molar-refractivity contribution >= 4 is 17.7 Å². The highest BCUT2D eigenvalue weighted by molar-refractivity contribution is 5.91. The largest absolute Gasteiger partial charge is 0.503 e. The van der Waals surface area contributed by atoms with Gasteiger partial charge in [0.1, 0.15) is 0 Å². The summed E-state index contributed by atoms with van der Waals surface area (Å²) >= 11 is 0. The maximum absolute atomic E-state index is 13.0. The summed E-state index contributed by atoms with van der Waals surface area (Å²) in [6.45, 7) is 2.05. The molecular weight excluding hydrogens is 255 g/mol. The van der Waals surface area contributed by atoms with Crippen molar-refractivity contribution in [2.45, 2.75) is 13.3 Å². The van der Waals surface area contributed by atoms with Crippen LogP contribution >= 0.6 is 0 Å². The van der Waals surface area contributed by atoms with Gasteiger partial charge in [0.05, 0.1) is 18.7 Å². The number of esters is 1. The third kappa shape index (κ3) is 4.82. The quantitative estimate of drug-likeness (QED) is 0.560. The molecule has 1 rings (SSSR count). The summed E-state index contributed by atoms with van der Waals surface area (Å²) < 4.78 is 17.7. The fraction of sp³-hybridized carbons (Fsp3) is 0.333. The number of nitrogens with one attached hydrogen (secondary N) is 2. The van der Waals surface area contributed by atoms with E-state index in [1.165, 1.54) is 12.1 Å². The summed E-state index contributed by atoms with van der Waals surface area (Å²) in [5.74, 6) is -1.89. The number of carbonyl (C=O) groups excluding carboxylic acids is 2. The monoisotopic (exact) mass is 270 g/mol. The van der Waals surface area contributed by atoms with Gasteiger partial charge in [0, 0.05) is 6.54 Å². The van der Waals surface area contributed by atoms with Crippen LogP contribution in [0.15, 0.2) is 18.2 Å². The van der Waals surface area contributed by atoms with E-state index >= 15 is 0 Å². The lowest BCUT2D eigenvalue weighted by molar-refractivity contribution is -0.142. The zero-order chi connectivity index (χ0) is 14.3. The maximum Gasteiger partial charge on any atom is 0.319 e. The first-order valence-corrected chi connectivity index (χ1v) is 5.72. The molecule has 3 N–H and O–H groups in total. The van der Waals surface area contributed by atoms with E-state index < -0.39 is 23.6 Å². The van der Waals surface area contributed by atoms with Crippen LogP contribution < -0.4 is 10.6 Å². The number of amides is 2. The molecule has 0 saturated carbocycles. The van der Waals surface area contributed by atoms with Gasteiger partial charge in [-0.25, -0.2) is 9.18 Å². The van der Waals surface area contributed by atoms with Crippen molar-refractivity contribution in [3.05, 3.63) is 24.0 Å². The molecule has 0 aliphatic heterocycles. The highest BCUT2D eigenvalue weighted by Crippen LogP contribution is 2.25. The van der Waals surface area contributed by atoms with Gasteiger partial charge < -0.3 is 20.5 Å². The van der Waals surface area contributed by atoms with E-state index in [0.717, 1.165) is 6.07 Å². The average Bonchev–Trinajstić information content (AvgIpc) is 2.35. The smallest absolute Gasteiger partial charge is 0.319 e. The van der Waals surface area contributed by atoms with Crippen LogP contribution in [0.4, 0.5) is 14.9 Å². The zero-order valence-corrected chi connectivity index (χ0v) is 10.4. The molecule has 7 heteroatoms. The number of phenols is 1. The molecule has 1 aromatic carbocycles. The molecule has 0 aliphatic carbocycles. The molecular formula is C12H15FN2O4. The van der Waals surface area contributed by atoms with Crippen LogP contribution in [-0.4, -0.2) is 30.3 Å². The minimum atomic E-state index is -0.829. The first-order valence-electron chi connectivity index (χ1n) is 5.72. The van der Waals surface area contributed by atoms with Crippen molar-refractivity contribution in [3.8, 4) is 5.75 Å². The van der Waals surface area contributed by atoms with Crippen LogP contribution in [-0.2, 0) is 9.53 Å². The normalized spacial score (nSPS) is 9.79. The summed E-state index contributed by atoms with van der Waals surface area (Å²) in [7, 11) is 0. The van der Waals surface area contributed by atoms with Crippen LogP contribution in [0, 0.1) is 5.82 Å². The Morgan fingerprint density at radius 3 is 2.84 bits per heavy atom. The topological polar surface area (TPSA) is 87.7 Å². The van der Waals surface area contributed by atoms with Gasteiger partial charge >= 0.3 is 12.0 Å². The first-order chi connectivity index (χ1) is 9.04. The van der Waals surface area contributed by atoms with E-state index in [1.54, 1.807) is 6.92 Å². The summed E-state index contributed by atoms with van der Waals surface area (Å²) in [6, 6.07) is 3.12. The van der Waals surface area contributed by atoms with Crippen molar-refractivity contribution in [2.24, 2.45) is 0 Å². The third-order valence-electron chi connectivity index (χ3n) is 2.15. The Hall–Kier alpha value is -2.31. The molecule has 0 spiro atoms. The van der Waals surface area contributed by atoms with E-state index in [1.807, 2.05) is 0 Å². The number of anilines is 1. The lowest BCUT2D eigenvalue weighted by Crippen LogP contribution is -2.30. The molecule has 0 unspecified atom stereocenters. The molecule has 2 amide bonds. The second-order valence-corrected chi connectivity index (χ2v) is 3.57. The molecule has 0 bridgehead atoms. The molecule has 0 saturated heterocycles. The van der Waals surface area contributed by atoms with E-state index in [4.69, 9.17) is 0 Å². The van der Waals surface area contributed by atoms with Crippen LogP contribution in [0.5, 0.6) is 5.75 Å². The molecule has 1 aromatic rings. The molecule has 0 atom stereocenters. The lowest BCUT2D eigenvalue weighted by atomic mass is 10.3. The molecule has 104 valence electrons.